The molecule has 8 nitrogen and oxygen atoms in total. The molecule has 1 aliphatic rings. The lowest BCUT2D eigenvalue weighted by Gasteiger charge is -2.19. The van der Waals surface area contributed by atoms with Crippen LogP contribution in [0.15, 0.2) is 65.7 Å². The summed E-state index contributed by atoms with van der Waals surface area (Å²) in [6.45, 7) is 2.70. The van der Waals surface area contributed by atoms with E-state index < -0.39 is 10.0 Å². The predicted molar refractivity (Wildman–Crippen MR) is 112 cm³/mol. The maximum absolute atomic E-state index is 12.7. The number of carbonyl (C=O) groups excluding carboxylic acids is 1. The van der Waals surface area contributed by atoms with Crippen molar-refractivity contribution in [2.24, 2.45) is 0 Å². The van der Waals surface area contributed by atoms with Gasteiger partial charge in [0.25, 0.3) is 15.9 Å². The van der Waals surface area contributed by atoms with Crippen LogP contribution in [0.1, 0.15) is 15.9 Å². The summed E-state index contributed by atoms with van der Waals surface area (Å²) in [5.74, 6) is 1.00. The molecular formula is C21H19N3O5S. The van der Waals surface area contributed by atoms with Gasteiger partial charge in [0.15, 0.2) is 11.5 Å². The predicted octanol–water partition coefficient (Wildman–Crippen LogP) is 3.21. The molecule has 0 atom stereocenters. The van der Waals surface area contributed by atoms with Gasteiger partial charge in [0.2, 0.25) is 0 Å². The first-order valence-electron chi connectivity index (χ1n) is 9.17. The first-order valence-corrected chi connectivity index (χ1v) is 10.7. The Labute approximate surface area is 173 Å². The van der Waals surface area contributed by atoms with Crippen LogP contribution in [0.4, 0.5) is 11.5 Å². The number of hydrogen-bond acceptors (Lipinski definition) is 6. The van der Waals surface area contributed by atoms with Gasteiger partial charge in [-0.1, -0.05) is 6.07 Å². The molecule has 0 unspecified atom stereocenters. The zero-order chi connectivity index (χ0) is 21.1. The number of amides is 1. The monoisotopic (exact) mass is 425 g/mol. The zero-order valence-corrected chi connectivity index (χ0v) is 16.9. The minimum atomic E-state index is -3.83. The quantitative estimate of drug-likeness (QED) is 0.650. The van der Waals surface area contributed by atoms with Gasteiger partial charge in [0, 0.05) is 23.5 Å². The molecule has 2 N–H and O–H groups in total. The average molecular weight is 425 g/mol. The van der Waals surface area contributed by atoms with Crippen molar-refractivity contribution in [1.82, 2.24) is 4.98 Å². The topological polar surface area (TPSA) is 107 Å². The lowest BCUT2D eigenvalue weighted by molar-refractivity contribution is 0.102. The van der Waals surface area contributed by atoms with Crippen molar-refractivity contribution in [3.8, 4) is 11.5 Å². The van der Waals surface area contributed by atoms with Crippen molar-refractivity contribution < 1.29 is 22.7 Å². The summed E-state index contributed by atoms with van der Waals surface area (Å²) in [6, 6.07) is 14.1. The van der Waals surface area contributed by atoms with Crippen molar-refractivity contribution >= 4 is 27.4 Å². The van der Waals surface area contributed by atoms with Crippen LogP contribution in [0, 0.1) is 6.92 Å². The fraction of sp³-hybridized carbons (Fsp3) is 0.143. The Balaban J connectivity index is 1.46. The van der Waals surface area contributed by atoms with Crippen LogP contribution in [0.25, 0.3) is 0 Å². The second kappa shape index (κ2) is 8.03. The Morgan fingerprint density at radius 1 is 0.967 bits per heavy atom. The SMILES string of the molecule is Cc1ccc(NC(=O)c2ccc(NS(=O)(=O)c3ccc4c(c3)OCCO4)cc2)nc1. The Kier molecular flexibility index (Phi) is 5.28. The van der Waals surface area contributed by atoms with Crippen LogP contribution in [-0.2, 0) is 10.0 Å². The minimum absolute atomic E-state index is 0.0546. The third-order valence-corrected chi connectivity index (χ3v) is 5.76. The molecule has 2 heterocycles. The molecule has 1 amide bonds. The lowest BCUT2D eigenvalue weighted by Crippen LogP contribution is -2.17. The van der Waals surface area contributed by atoms with Gasteiger partial charge in [-0.15, -0.1) is 0 Å². The summed E-state index contributed by atoms with van der Waals surface area (Å²) < 4.78 is 38.7. The number of benzene rings is 2. The Morgan fingerprint density at radius 2 is 1.70 bits per heavy atom. The second-order valence-electron chi connectivity index (χ2n) is 6.66. The normalized spacial score (nSPS) is 12.8. The summed E-state index contributed by atoms with van der Waals surface area (Å²) in [5.41, 5.74) is 1.69. The van der Waals surface area contributed by atoms with E-state index in [1.165, 1.54) is 36.4 Å². The highest BCUT2D eigenvalue weighted by Crippen LogP contribution is 2.32. The molecular weight excluding hydrogens is 406 g/mol. The highest BCUT2D eigenvalue weighted by atomic mass is 32.2. The molecule has 1 aliphatic heterocycles. The smallest absolute Gasteiger partial charge is 0.262 e. The van der Waals surface area contributed by atoms with E-state index in [9.17, 15) is 13.2 Å². The van der Waals surface area contributed by atoms with Gasteiger partial charge in [-0.25, -0.2) is 13.4 Å². The zero-order valence-electron chi connectivity index (χ0n) is 16.1. The van der Waals surface area contributed by atoms with Crippen molar-refractivity contribution in [3.63, 3.8) is 0 Å². The van der Waals surface area contributed by atoms with Crippen LogP contribution in [0.5, 0.6) is 11.5 Å². The van der Waals surface area contributed by atoms with Gasteiger partial charge in [-0.3, -0.25) is 9.52 Å². The third-order valence-electron chi connectivity index (χ3n) is 4.38. The number of ether oxygens (including phenoxy) is 2. The highest BCUT2D eigenvalue weighted by molar-refractivity contribution is 7.92. The largest absolute Gasteiger partial charge is 0.486 e. The van der Waals surface area contributed by atoms with E-state index in [1.54, 1.807) is 18.3 Å². The van der Waals surface area contributed by atoms with Gasteiger partial charge in [0.1, 0.15) is 19.0 Å². The Hall–Kier alpha value is -3.59. The number of nitrogens with one attached hydrogen (secondary N) is 2. The van der Waals surface area contributed by atoms with E-state index in [2.05, 4.69) is 15.0 Å². The van der Waals surface area contributed by atoms with Gasteiger partial charge < -0.3 is 14.8 Å². The van der Waals surface area contributed by atoms with Gasteiger partial charge in [0.05, 0.1) is 4.90 Å². The number of pyridine rings is 1. The molecule has 154 valence electrons. The molecule has 0 spiro atoms. The van der Waals surface area contributed by atoms with Crippen molar-refractivity contribution in [3.05, 3.63) is 71.9 Å². The van der Waals surface area contributed by atoms with Gasteiger partial charge >= 0.3 is 0 Å². The van der Waals surface area contributed by atoms with Crippen LogP contribution in [-0.4, -0.2) is 32.5 Å². The first kappa shape index (κ1) is 19.7. The number of nitrogens with zero attached hydrogens (tertiary/aromatic N) is 1. The van der Waals surface area contributed by atoms with E-state index in [4.69, 9.17) is 9.47 Å². The van der Waals surface area contributed by atoms with Crippen LogP contribution >= 0.6 is 0 Å². The summed E-state index contributed by atoms with van der Waals surface area (Å²) >= 11 is 0. The average Bonchev–Trinajstić information content (AvgIpc) is 2.75. The molecule has 2 aromatic carbocycles. The van der Waals surface area contributed by atoms with E-state index in [-0.39, 0.29) is 10.8 Å². The fourth-order valence-electron chi connectivity index (χ4n) is 2.82. The van der Waals surface area contributed by atoms with E-state index in [0.29, 0.717) is 41.8 Å². The Morgan fingerprint density at radius 3 is 2.40 bits per heavy atom. The molecule has 1 aromatic heterocycles. The van der Waals surface area contributed by atoms with Crippen molar-refractivity contribution in [2.75, 3.05) is 23.3 Å². The van der Waals surface area contributed by atoms with Crippen molar-refractivity contribution in [2.45, 2.75) is 11.8 Å². The second-order valence-corrected chi connectivity index (χ2v) is 8.35. The number of fused-ring (bicyclic) bond motifs is 1. The molecule has 0 saturated heterocycles. The number of aryl methyl sites for hydroxylation is 1. The number of hydrogen-bond donors (Lipinski definition) is 2. The number of carbonyl (C=O) groups is 1. The van der Waals surface area contributed by atoms with Crippen LogP contribution < -0.4 is 19.5 Å². The molecule has 4 rings (SSSR count). The number of sulfonamides is 1. The molecule has 9 heteroatoms. The van der Waals surface area contributed by atoms with E-state index >= 15 is 0 Å². The molecule has 0 aliphatic carbocycles. The van der Waals surface area contributed by atoms with Crippen molar-refractivity contribution in [1.29, 1.82) is 0 Å². The summed E-state index contributed by atoms with van der Waals surface area (Å²) in [4.78, 5) is 16.5. The maximum atomic E-state index is 12.7. The standard InChI is InChI=1S/C21H19N3O5S/c1-14-2-9-20(22-13-14)23-21(25)15-3-5-16(6-4-15)24-30(26,27)17-7-8-18-19(12-17)29-11-10-28-18/h2-9,12-13,24H,10-11H2,1H3,(H,22,23,25). The van der Waals surface area contributed by atoms with Crippen LogP contribution in [0.2, 0.25) is 0 Å². The lowest BCUT2D eigenvalue weighted by atomic mass is 10.2. The van der Waals surface area contributed by atoms with Gasteiger partial charge in [-0.05, 0) is 55.0 Å². The molecule has 0 radical (unpaired) electrons. The molecule has 0 fully saturated rings. The van der Waals surface area contributed by atoms with E-state index in [0.717, 1.165) is 5.56 Å². The molecule has 0 saturated carbocycles. The highest BCUT2D eigenvalue weighted by Gasteiger charge is 2.19. The fourth-order valence-corrected chi connectivity index (χ4v) is 3.90. The number of anilines is 2. The summed E-state index contributed by atoms with van der Waals surface area (Å²) in [7, 11) is -3.83. The first-order chi connectivity index (χ1) is 14.4. The molecule has 3 aromatic rings. The summed E-state index contributed by atoms with van der Waals surface area (Å²) in [5, 5.41) is 2.69. The maximum Gasteiger partial charge on any atom is 0.262 e. The number of aromatic nitrogens is 1. The number of rotatable bonds is 5. The minimum Gasteiger partial charge on any atom is -0.486 e. The Bertz CT molecular complexity index is 1180. The summed E-state index contributed by atoms with van der Waals surface area (Å²) in [6.07, 6.45) is 1.66. The third kappa shape index (κ3) is 4.36. The van der Waals surface area contributed by atoms with Crippen LogP contribution in [0.3, 0.4) is 0 Å². The molecule has 30 heavy (non-hydrogen) atoms. The van der Waals surface area contributed by atoms with Gasteiger partial charge in [-0.2, -0.15) is 0 Å². The molecule has 0 bridgehead atoms. The van der Waals surface area contributed by atoms with E-state index in [1.807, 2.05) is 13.0 Å².